The Balaban J connectivity index is 2.28. The fourth-order valence-electron chi connectivity index (χ4n) is 2.12. The van der Waals surface area contributed by atoms with Crippen molar-refractivity contribution in [3.05, 3.63) is 63.6 Å². The van der Waals surface area contributed by atoms with Crippen LogP contribution < -0.4 is 4.90 Å². The van der Waals surface area contributed by atoms with Gasteiger partial charge in [0.2, 0.25) is 0 Å². The zero-order valence-electron chi connectivity index (χ0n) is 11.4. The van der Waals surface area contributed by atoms with Gasteiger partial charge in [-0.05, 0) is 42.3 Å². The van der Waals surface area contributed by atoms with Gasteiger partial charge < -0.3 is 4.90 Å². The Morgan fingerprint density at radius 1 is 1.10 bits per heavy atom. The highest BCUT2D eigenvalue weighted by molar-refractivity contribution is 6.33. The lowest BCUT2D eigenvalue weighted by Crippen LogP contribution is -2.21. The molecular weight excluding hydrogens is 313 g/mol. The average molecular weight is 329 g/mol. The standard InChI is InChI=1S/C16H16Cl3N/c1-11(13-4-3-5-14(18)9-13)20(2)16-7-6-12(10-17)8-15(16)19/h3-9,11H,10H2,1-2H3. The van der Waals surface area contributed by atoms with Crippen molar-refractivity contribution in [2.45, 2.75) is 18.8 Å². The maximum Gasteiger partial charge on any atom is 0.0642 e. The molecule has 0 bridgehead atoms. The predicted molar refractivity (Wildman–Crippen MR) is 89.3 cm³/mol. The lowest BCUT2D eigenvalue weighted by molar-refractivity contribution is 0.740. The molecule has 4 heteroatoms. The molecule has 0 aromatic heterocycles. The highest BCUT2D eigenvalue weighted by Gasteiger charge is 2.15. The van der Waals surface area contributed by atoms with E-state index < -0.39 is 0 Å². The first kappa shape index (κ1) is 15.5. The summed E-state index contributed by atoms with van der Waals surface area (Å²) in [6, 6.07) is 14.0. The van der Waals surface area contributed by atoms with Crippen LogP contribution in [0.1, 0.15) is 24.1 Å². The van der Waals surface area contributed by atoms with Crippen molar-refractivity contribution in [3.63, 3.8) is 0 Å². The van der Waals surface area contributed by atoms with Crippen LogP contribution in [0.4, 0.5) is 5.69 Å². The number of nitrogens with zero attached hydrogens (tertiary/aromatic N) is 1. The first-order valence-electron chi connectivity index (χ1n) is 6.35. The van der Waals surface area contributed by atoms with Gasteiger partial charge in [-0.1, -0.05) is 41.4 Å². The van der Waals surface area contributed by atoms with Crippen molar-refractivity contribution in [1.29, 1.82) is 0 Å². The number of benzene rings is 2. The summed E-state index contributed by atoms with van der Waals surface area (Å²) in [4.78, 5) is 2.13. The van der Waals surface area contributed by atoms with Gasteiger partial charge >= 0.3 is 0 Å². The summed E-state index contributed by atoms with van der Waals surface area (Å²) in [7, 11) is 2.02. The maximum atomic E-state index is 6.34. The Hall–Kier alpha value is -0.890. The molecule has 106 valence electrons. The minimum Gasteiger partial charge on any atom is -0.367 e. The minimum absolute atomic E-state index is 0.174. The molecule has 0 saturated carbocycles. The third kappa shape index (κ3) is 3.41. The molecule has 0 heterocycles. The third-order valence-corrected chi connectivity index (χ3v) is 4.30. The second-order valence-electron chi connectivity index (χ2n) is 4.76. The van der Waals surface area contributed by atoms with Crippen molar-refractivity contribution in [3.8, 4) is 0 Å². The molecule has 2 rings (SSSR count). The van der Waals surface area contributed by atoms with Crippen LogP contribution in [0.25, 0.3) is 0 Å². The molecular formula is C16H16Cl3N. The van der Waals surface area contributed by atoms with Crippen LogP contribution >= 0.6 is 34.8 Å². The van der Waals surface area contributed by atoms with Gasteiger partial charge in [-0.15, -0.1) is 11.6 Å². The smallest absolute Gasteiger partial charge is 0.0642 e. The van der Waals surface area contributed by atoms with E-state index in [-0.39, 0.29) is 6.04 Å². The van der Waals surface area contributed by atoms with E-state index in [1.807, 2.05) is 43.4 Å². The Morgan fingerprint density at radius 3 is 2.45 bits per heavy atom. The summed E-state index contributed by atoms with van der Waals surface area (Å²) in [5.74, 6) is 0.466. The number of rotatable bonds is 4. The van der Waals surface area contributed by atoms with E-state index >= 15 is 0 Å². The summed E-state index contributed by atoms with van der Waals surface area (Å²) in [5.41, 5.74) is 3.15. The highest BCUT2D eigenvalue weighted by Crippen LogP contribution is 2.32. The molecule has 0 aliphatic carbocycles. The van der Waals surface area contributed by atoms with E-state index in [1.165, 1.54) is 0 Å². The predicted octanol–water partition coefficient (Wildman–Crippen LogP) is 5.93. The largest absolute Gasteiger partial charge is 0.367 e. The minimum atomic E-state index is 0.174. The molecule has 1 unspecified atom stereocenters. The van der Waals surface area contributed by atoms with E-state index in [2.05, 4.69) is 17.9 Å². The summed E-state index contributed by atoms with van der Waals surface area (Å²) < 4.78 is 0. The zero-order valence-corrected chi connectivity index (χ0v) is 13.7. The lowest BCUT2D eigenvalue weighted by atomic mass is 10.1. The summed E-state index contributed by atoms with van der Waals surface area (Å²) in [6.07, 6.45) is 0. The Morgan fingerprint density at radius 2 is 1.85 bits per heavy atom. The number of alkyl halides is 1. The average Bonchev–Trinajstić information content (AvgIpc) is 2.45. The number of halogens is 3. The van der Waals surface area contributed by atoms with Crippen LogP contribution in [0.15, 0.2) is 42.5 Å². The van der Waals surface area contributed by atoms with Crippen LogP contribution in [0, 0.1) is 0 Å². The van der Waals surface area contributed by atoms with Crippen molar-refractivity contribution in [2.24, 2.45) is 0 Å². The topological polar surface area (TPSA) is 3.24 Å². The summed E-state index contributed by atoms with van der Waals surface area (Å²) in [6.45, 7) is 2.12. The first-order valence-corrected chi connectivity index (χ1v) is 7.64. The monoisotopic (exact) mass is 327 g/mol. The zero-order chi connectivity index (χ0) is 14.7. The SMILES string of the molecule is CC(c1cccc(Cl)c1)N(C)c1ccc(CCl)cc1Cl. The molecule has 2 aromatic carbocycles. The van der Waals surface area contributed by atoms with Gasteiger partial charge in [-0.3, -0.25) is 0 Å². The fraction of sp³-hybridized carbons (Fsp3) is 0.250. The van der Waals surface area contributed by atoms with Crippen molar-refractivity contribution in [1.82, 2.24) is 0 Å². The molecule has 0 fully saturated rings. The van der Waals surface area contributed by atoms with Gasteiger partial charge in [0.15, 0.2) is 0 Å². The highest BCUT2D eigenvalue weighted by atomic mass is 35.5. The molecule has 0 aliphatic rings. The van der Waals surface area contributed by atoms with Crippen molar-refractivity contribution in [2.75, 3.05) is 11.9 Å². The molecule has 0 radical (unpaired) electrons. The fourth-order valence-corrected chi connectivity index (χ4v) is 2.82. The maximum absolute atomic E-state index is 6.34. The van der Waals surface area contributed by atoms with E-state index in [1.54, 1.807) is 0 Å². The second kappa shape index (κ2) is 6.71. The number of hydrogen-bond donors (Lipinski definition) is 0. The molecule has 0 aliphatic heterocycles. The van der Waals surface area contributed by atoms with Gasteiger partial charge in [-0.2, -0.15) is 0 Å². The Bertz CT molecular complexity index is 598. The Kier molecular flexibility index (Phi) is 5.20. The normalized spacial score (nSPS) is 12.2. The van der Waals surface area contributed by atoms with E-state index in [9.17, 15) is 0 Å². The van der Waals surface area contributed by atoms with E-state index in [4.69, 9.17) is 34.8 Å². The molecule has 1 nitrogen and oxygen atoms in total. The molecule has 1 atom stereocenters. The molecule has 20 heavy (non-hydrogen) atoms. The summed E-state index contributed by atoms with van der Waals surface area (Å²) >= 11 is 18.2. The van der Waals surface area contributed by atoms with Gasteiger partial charge in [-0.25, -0.2) is 0 Å². The molecule has 0 saturated heterocycles. The molecule has 0 spiro atoms. The first-order chi connectivity index (χ1) is 9.52. The summed E-state index contributed by atoms with van der Waals surface area (Å²) in [5, 5.41) is 1.45. The molecule has 0 N–H and O–H groups in total. The van der Waals surface area contributed by atoms with Crippen LogP contribution in [-0.2, 0) is 5.88 Å². The third-order valence-electron chi connectivity index (χ3n) is 3.46. The van der Waals surface area contributed by atoms with Crippen LogP contribution in [0.2, 0.25) is 10.0 Å². The Labute approximate surface area is 135 Å². The van der Waals surface area contributed by atoms with Gasteiger partial charge in [0.1, 0.15) is 0 Å². The van der Waals surface area contributed by atoms with Gasteiger partial charge in [0.05, 0.1) is 16.8 Å². The molecule has 2 aromatic rings. The number of hydrogen-bond acceptors (Lipinski definition) is 1. The van der Waals surface area contributed by atoms with Crippen LogP contribution in [0.5, 0.6) is 0 Å². The quantitative estimate of drug-likeness (QED) is 0.629. The van der Waals surface area contributed by atoms with E-state index in [0.29, 0.717) is 10.9 Å². The van der Waals surface area contributed by atoms with Crippen LogP contribution in [0.3, 0.4) is 0 Å². The number of anilines is 1. The van der Waals surface area contributed by atoms with E-state index in [0.717, 1.165) is 21.8 Å². The lowest BCUT2D eigenvalue weighted by Gasteiger charge is -2.28. The van der Waals surface area contributed by atoms with Gasteiger partial charge in [0, 0.05) is 18.0 Å². The van der Waals surface area contributed by atoms with Crippen molar-refractivity contribution < 1.29 is 0 Å². The second-order valence-corrected chi connectivity index (χ2v) is 5.87. The van der Waals surface area contributed by atoms with Crippen LogP contribution in [-0.4, -0.2) is 7.05 Å². The van der Waals surface area contributed by atoms with Gasteiger partial charge in [0.25, 0.3) is 0 Å². The van der Waals surface area contributed by atoms with Crippen molar-refractivity contribution >= 4 is 40.5 Å². The molecule has 0 amide bonds.